The molecule has 190 valence electrons. The van der Waals surface area contributed by atoms with Crippen molar-refractivity contribution in [3.05, 3.63) is 61.9 Å². The van der Waals surface area contributed by atoms with Gasteiger partial charge in [0, 0.05) is 17.6 Å². The molecule has 0 aliphatic carbocycles. The van der Waals surface area contributed by atoms with Gasteiger partial charge < -0.3 is 14.4 Å². The van der Waals surface area contributed by atoms with Crippen LogP contribution in [0.4, 0.5) is 4.79 Å². The summed E-state index contributed by atoms with van der Waals surface area (Å²) in [7, 11) is 1.50. The molecular formula is C26H26BrClN2O5S. The first-order valence-corrected chi connectivity index (χ1v) is 13.6. The monoisotopic (exact) mass is 592 g/mol. The van der Waals surface area contributed by atoms with Gasteiger partial charge in [-0.3, -0.25) is 19.3 Å². The fraction of sp³-hybridized carbons (Fsp3) is 0.346. The Morgan fingerprint density at radius 3 is 2.47 bits per heavy atom. The van der Waals surface area contributed by atoms with Crippen LogP contribution < -0.4 is 9.47 Å². The average molecular weight is 594 g/mol. The van der Waals surface area contributed by atoms with E-state index in [1.807, 2.05) is 24.3 Å². The molecule has 2 heterocycles. The molecule has 0 aromatic heterocycles. The summed E-state index contributed by atoms with van der Waals surface area (Å²) in [5, 5.41) is -0.143. The summed E-state index contributed by atoms with van der Waals surface area (Å²) in [4.78, 5) is 41.2. The molecule has 0 N–H and O–H groups in total. The minimum Gasteiger partial charge on any atom is -0.493 e. The normalized spacial score (nSPS) is 17.5. The topological polar surface area (TPSA) is 76.2 Å². The van der Waals surface area contributed by atoms with Crippen LogP contribution in [0.1, 0.15) is 36.8 Å². The number of nitrogens with zero attached hydrogens (tertiary/aromatic N) is 2. The van der Waals surface area contributed by atoms with E-state index in [4.69, 9.17) is 21.1 Å². The summed E-state index contributed by atoms with van der Waals surface area (Å²) in [6, 6.07) is 11.1. The second kappa shape index (κ2) is 12.2. The van der Waals surface area contributed by atoms with Gasteiger partial charge in [0.05, 0.1) is 17.0 Å². The Balaban J connectivity index is 1.47. The van der Waals surface area contributed by atoms with Crippen molar-refractivity contribution < 1.29 is 23.9 Å². The number of amides is 3. The summed E-state index contributed by atoms with van der Waals surface area (Å²) in [5.41, 5.74) is 1.54. The second-order valence-electron chi connectivity index (χ2n) is 8.51. The molecular weight excluding hydrogens is 568 g/mol. The van der Waals surface area contributed by atoms with Crippen LogP contribution in [0.2, 0.25) is 5.02 Å². The van der Waals surface area contributed by atoms with Crippen LogP contribution in [0.15, 0.2) is 45.8 Å². The van der Waals surface area contributed by atoms with E-state index < -0.39 is 11.1 Å². The molecule has 0 unspecified atom stereocenters. The number of benzene rings is 2. The highest BCUT2D eigenvalue weighted by Crippen LogP contribution is 2.39. The van der Waals surface area contributed by atoms with Crippen LogP contribution in [0, 0.1) is 0 Å². The molecule has 2 saturated heterocycles. The summed E-state index contributed by atoms with van der Waals surface area (Å²) in [5.74, 6) is 0.105. The SMILES string of the molecule is COc1cc(C=C2SC(=O)N(CC(=O)N3CCCCCC3)C2=O)cc(Cl)c1OCc1ccc(Br)cc1. The van der Waals surface area contributed by atoms with Crippen molar-refractivity contribution >= 4 is 62.4 Å². The molecule has 36 heavy (non-hydrogen) atoms. The maximum absolute atomic E-state index is 12.9. The molecule has 0 spiro atoms. The lowest BCUT2D eigenvalue weighted by Gasteiger charge is -2.22. The highest BCUT2D eigenvalue weighted by Gasteiger charge is 2.37. The number of thioether (sulfide) groups is 1. The fourth-order valence-corrected chi connectivity index (χ4v) is 5.42. The minimum absolute atomic E-state index is 0.197. The zero-order chi connectivity index (χ0) is 25.7. The second-order valence-corrected chi connectivity index (χ2v) is 10.8. The largest absolute Gasteiger partial charge is 0.493 e. The molecule has 2 aliphatic rings. The van der Waals surface area contributed by atoms with Crippen LogP contribution in [0.3, 0.4) is 0 Å². The molecule has 3 amide bonds. The average Bonchev–Trinajstić information content (AvgIpc) is 3.05. The number of rotatable bonds is 7. The first kappa shape index (κ1) is 26.6. The zero-order valence-corrected chi connectivity index (χ0v) is 23.0. The Labute approximate surface area is 227 Å². The number of methoxy groups -OCH3 is 1. The number of likely N-dealkylation sites (tertiary alicyclic amines) is 1. The van der Waals surface area contributed by atoms with Gasteiger partial charge in [-0.2, -0.15) is 0 Å². The third-order valence-corrected chi connectivity index (χ3v) is 7.69. The van der Waals surface area contributed by atoms with Gasteiger partial charge in [0.25, 0.3) is 11.1 Å². The lowest BCUT2D eigenvalue weighted by Crippen LogP contribution is -2.42. The van der Waals surface area contributed by atoms with E-state index in [9.17, 15) is 14.4 Å². The summed E-state index contributed by atoms with van der Waals surface area (Å²) in [6.07, 6.45) is 5.65. The third kappa shape index (κ3) is 6.44. The zero-order valence-electron chi connectivity index (χ0n) is 19.8. The smallest absolute Gasteiger partial charge is 0.294 e. The van der Waals surface area contributed by atoms with E-state index >= 15 is 0 Å². The predicted molar refractivity (Wildman–Crippen MR) is 144 cm³/mol. The van der Waals surface area contributed by atoms with Crippen LogP contribution in [0.25, 0.3) is 6.08 Å². The highest BCUT2D eigenvalue weighted by molar-refractivity contribution is 9.10. The Kier molecular flexibility index (Phi) is 8.98. The molecule has 2 aromatic rings. The van der Waals surface area contributed by atoms with Crippen molar-refractivity contribution in [2.24, 2.45) is 0 Å². The maximum Gasteiger partial charge on any atom is 0.294 e. The van der Waals surface area contributed by atoms with E-state index in [-0.39, 0.29) is 17.4 Å². The first-order valence-electron chi connectivity index (χ1n) is 11.6. The van der Waals surface area contributed by atoms with E-state index in [0.717, 1.165) is 52.4 Å². The van der Waals surface area contributed by atoms with Crippen molar-refractivity contribution in [1.29, 1.82) is 0 Å². The summed E-state index contributed by atoms with van der Waals surface area (Å²) < 4.78 is 12.4. The number of carbonyl (C=O) groups excluding carboxylic acids is 3. The summed E-state index contributed by atoms with van der Waals surface area (Å²) >= 11 is 10.7. The number of hydrogen-bond acceptors (Lipinski definition) is 6. The highest BCUT2D eigenvalue weighted by atomic mass is 79.9. The van der Waals surface area contributed by atoms with Gasteiger partial charge in [0.15, 0.2) is 11.5 Å². The molecule has 0 bridgehead atoms. The number of hydrogen-bond donors (Lipinski definition) is 0. The van der Waals surface area contributed by atoms with Crippen LogP contribution >= 0.6 is 39.3 Å². The van der Waals surface area contributed by atoms with Crippen molar-refractivity contribution in [3.63, 3.8) is 0 Å². The number of imide groups is 1. The van der Waals surface area contributed by atoms with Gasteiger partial charge in [-0.15, -0.1) is 0 Å². The van der Waals surface area contributed by atoms with Gasteiger partial charge in [-0.25, -0.2) is 0 Å². The van der Waals surface area contributed by atoms with Crippen molar-refractivity contribution in [1.82, 2.24) is 9.80 Å². The standard InChI is InChI=1S/C26H26BrClN2O5S/c1-34-21-13-18(12-20(28)24(21)35-16-17-6-8-19(27)9-7-17)14-22-25(32)30(26(33)36-22)15-23(31)29-10-4-2-3-5-11-29/h6-9,12-14H,2-5,10-11,15-16H2,1H3. The van der Waals surface area contributed by atoms with E-state index in [2.05, 4.69) is 15.9 Å². The van der Waals surface area contributed by atoms with Crippen LogP contribution in [0.5, 0.6) is 11.5 Å². The van der Waals surface area contributed by atoms with Gasteiger partial charge in [0.1, 0.15) is 13.2 Å². The molecule has 2 aliphatic heterocycles. The minimum atomic E-state index is -0.487. The third-order valence-electron chi connectivity index (χ3n) is 5.97. The lowest BCUT2D eigenvalue weighted by atomic mass is 10.1. The number of carbonyl (C=O) groups is 3. The molecule has 2 aromatic carbocycles. The van der Waals surface area contributed by atoms with E-state index in [1.54, 1.807) is 23.1 Å². The van der Waals surface area contributed by atoms with E-state index in [0.29, 0.717) is 41.8 Å². The Bertz CT molecular complexity index is 1180. The Morgan fingerprint density at radius 2 is 1.81 bits per heavy atom. The van der Waals surface area contributed by atoms with Gasteiger partial charge in [-0.05, 0) is 66.1 Å². The van der Waals surface area contributed by atoms with Gasteiger partial charge in [0.2, 0.25) is 5.91 Å². The lowest BCUT2D eigenvalue weighted by molar-refractivity contribution is -0.135. The number of ether oxygens (including phenoxy) is 2. The predicted octanol–water partition coefficient (Wildman–Crippen LogP) is 6.13. The Hall–Kier alpha value is -2.49. The molecule has 2 fully saturated rings. The molecule has 0 radical (unpaired) electrons. The van der Waals surface area contributed by atoms with E-state index in [1.165, 1.54) is 7.11 Å². The molecule has 0 saturated carbocycles. The Morgan fingerprint density at radius 1 is 1.11 bits per heavy atom. The molecule has 0 atom stereocenters. The van der Waals surface area contributed by atoms with Gasteiger partial charge >= 0.3 is 0 Å². The van der Waals surface area contributed by atoms with Crippen LogP contribution in [-0.4, -0.2) is 53.6 Å². The molecule has 10 heteroatoms. The summed E-state index contributed by atoms with van der Waals surface area (Å²) in [6.45, 7) is 1.39. The van der Waals surface area contributed by atoms with Crippen molar-refractivity contribution in [2.45, 2.75) is 32.3 Å². The molecule has 7 nitrogen and oxygen atoms in total. The van der Waals surface area contributed by atoms with Crippen LogP contribution in [-0.2, 0) is 16.2 Å². The molecule has 4 rings (SSSR count). The fourth-order valence-electron chi connectivity index (χ4n) is 4.04. The first-order chi connectivity index (χ1) is 17.4. The maximum atomic E-state index is 12.9. The number of halogens is 2. The van der Waals surface area contributed by atoms with Crippen molar-refractivity contribution in [3.8, 4) is 11.5 Å². The quantitative estimate of drug-likeness (QED) is 0.360. The van der Waals surface area contributed by atoms with Crippen molar-refractivity contribution in [2.75, 3.05) is 26.7 Å². The van der Waals surface area contributed by atoms with Gasteiger partial charge in [-0.1, -0.05) is 52.5 Å².